The lowest BCUT2D eigenvalue weighted by atomic mass is 10.3. The highest BCUT2D eigenvalue weighted by Gasteiger charge is 2.21. The van der Waals surface area contributed by atoms with Crippen LogP contribution in [0.2, 0.25) is 0 Å². The van der Waals surface area contributed by atoms with E-state index in [1.54, 1.807) is 12.4 Å². The third-order valence-corrected chi connectivity index (χ3v) is 4.84. The first-order chi connectivity index (χ1) is 13.2. The maximum absolute atomic E-state index is 10.8. The van der Waals surface area contributed by atoms with Gasteiger partial charge in [0.15, 0.2) is 0 Å². The Hall–Kier alpha value is -3.01. The van der Waals surface area contributed by atoms with Crippen LogP contribution in [-0.2, 0) is 4.74 Å². The van der Waals surface area contributed by atoms with E-state index in [9.17, 15) is 10.1 Å². The molecule has 2 aliphatic heterocycles. The van der Waals surface area contributed by atoms with Crippen LogP contribution in [0.25, 0.3) is 0 Å². The molecule has 0 spiro atoms. The Morgan fingerprint density at radius 1 is 0.852 bits per heavy atom. The molecular weight excluding hydrogens is 350 g/mol. The van der Waals surface area contributed by atoms with Crippen LogP contribution in [0.5, 0.6) is 0 Å². The van der Waals surface area contributed by atoms with Gasteiger partial charge in [0.25, 0.3) is 5.69 Å². The van der Waals surface area contributed by atoms with Crippen LogP contribution < -0.4 is 14.7 Å². The van der Waals surface area contributed by atoms with E-state index in [-0.39, 0.29) is 5.69 Å². The largest absolute Gasteiger partial charge is 0.378 e. The number of nitro groups is 1. The lowest BCUT2D eigenvalue weighted by Gasteiger charge is -2.36. The summed E-state index contributed by atoms with van der Waals surface area (Å²) >= 11 is 0. The molecule has 0 atom stereocenters. The van der Waals surface area contributed by atoms with E-state index in [4.69, 9.17) is 4.74 Å². The number of piperazine rings is 1. The lowest BCUT2D eigenvalue weighted by Crippen LogP contribution is -2.47. The fourth-order valence-electron chi connectivity index (χ4n) is 3.31. The topological polar surface area (TPSA) is 101 Å². The van der Waals surface area contributed by atoms with Crippen molar-refractivity contribution in [1.29, 1.82) is 0 Å². The van der Waals surface area contributed by atoms with E-state index in [1.165, 1.54) is 12.3 Å². The van der Waals surface area contributed by atoms with E-state index in [2.05, 4.69) is 29.7 Å². The molecule has 10 heteroatoms. The van der Waals surface area contributed by atoms with Crippen molar-refractivity contribution in [3.8, 4) is 0 Å². The van der Waals surface area contributed by atoms with Gasteiger partial charge in [-0.1, -0.05) is 0 Å². The Morgan fingerprint density at radius 3 is 2.00 bits per heavy atom. The normalized spacial score (nSPS) is 17.9. The van der Waals surface area contributed by atoms with Crippen molar-refractivity contribution in [2.45, 2.75) is 0 Å². The number of anilines is 3. The van der Waals surface area contributed by atoms with Crippen LogP contribution in [0.15, 0.2) is 30.7 Å². The lowest BCUT2D eigenvalue weighted by molar-refractivity contribution is -0.385. The van der Waals surface area contributed by atoms with Crippen molar-refractivity contribution in [1.82, 2.24) is 15.0 Å². The van der Waals surface area contributed by atoms with Gasteiger partial charge in [-0.2, -0.15) is 0 Å². The van der Waals surface area contributed by atoms with E-state index in [0.717, 1.165) is 69.9 Å². The summed E-state index contributed by atoms with van der Waals surface area (Å²) in [7, 11) is 0. The molecule has 2 saturated heterocycles. The van der Waals surface area contributed by atoms with Crippen LogP contribution in [0.3, 0.4) is 0 Å². The number of hydrogen-bond acceptors (Lipinski definition) is 9. The number of rotatable bonds is 4. The molecule has 0 N–H and O–H groups in total. The number of aromatic nitrogens is 3. The Kier molecular flexibility index (Phi) is 4.97. The molecular formula is C17H21N7O3. The quantitative estimate of drug-likeness (QED) is 0.574. The molecule has 0 unspecified atom stereocenters. The summed E-state index contributed by atoms with van der Waals surface area (Å²) in [6.07, 6.45) is 2.92. The average Bonchev–Trinajstić information content (AvgIpc) is 2.75. The Balaban J connectivity index is 1.39. The van der Waals surface area contributed by atoms with Crippen LogP contribution in [-0.4, -0.2) is 72.4 Å². The van der Waals surface area contributed by atoms with E-state index >= 15 is 0 Å². The minimum atomic E-state index is -0.435. The molecule has 142 valence electrons. The summed E-state index contributed by atoms with van der Waals surface area (Å²) in [4.78, 5) is 29.9. The number of pyridine rings is 1. The fraction of sp³-hybridized carbons (Fsp3) is 0.471. The van der Waals surface area contributed by atoms with Crippen molar-refractivity contribution in [3.05, 3.63) is 40.8 Å². The zero-order valence-corrected chi connectivity index (χ0v) is 14.9. The Labute approximate surface area is 156 Å². The molecule has 0 bridgehead atoms. The van der Waals surface area contributed by atoms with E-state index in [0.29, 0.717) is 0 Å². The molecule has 0 aromatic carbocycles. The maximum atomic E-state index is 10.8. The first-order valence-corrected chi connectivity index (χ1v) is 8.96. The summed E-state index contributed by atoms with van der Waals surface area (Å²) in [5.74, 6) is 2.61. The van der Waals surface area contributed by atoms with Crippen LogP contribution >= 0.6 is 0 Å². The van der Waals surface area contributed by atoms with Gasteiger partial charge in [-0.25, -0.2) is 15.0 Å². The molecule has 27 heavy (non-hydrogen) atoms. The predicted molar refractivity (Wildman–Crippen MR) is 100 cm³/mol. The summed E-state index contributed by atoms with van der Waals surface area (Å²) in [6, 6.07) is 5.23. The minimum Gasteiger partial charge on any atom is -0.378 e. The van der Waals surface area contributed by atoms with E-state index in [1.807, 2.05) is 6.07 Å². The van der Waals surface area contributed by atoms with Gasteiger partial charge >= 0.3 is 0 Å². The maximum Gasteiger partial charge on any atom is 0.287 e. The molecule has 4 rings (SSSR count). The number of ether oxygens (including phenoxy) is 1. The molecule has 0 aliphatic carbocycles. The Bertz CT molecular complexity index is 787. The monoisotopic (exact) mass is 371 g/mol. The van der Waals surface area contributed by atoms with Crippen LogP contribution in [0, 0.1) is 10.1 Å². The molecule has 10 nitrogen and oxygen atoms in total. The predicted octanol–water partition coefficient (Wildman–Crippen LogP) is 0.943. The fourth-order valence-corrected chi connectivity index (χ4v) is 3.31. The highest BCUT2D eigenvalue weighted by Crippen LogP contribution is 2.22. The molecule has 0 amide bonds. The summed E-state index contributed by atoms with van der Waals surface area (Å²) in [5, 5.41) is 10.8. The van der Waals surface area contributed by atoms with Gasteiger partial charge in [0.1, 0.15) is 30.0 Å². The molecule has 0 radical (unpaired) electrons. The molecule has 2 fully saturated rings. The first kappa shape index (κ1) is 17.4. The Morgan fingerprint density at radius 2 is 1.44 bits per heavy atom. The van der Waals surface area contributed by atoms with E-state index < -0.39 is 4.92 Å². The molecule has 4 heterocycles. The number of morpholine rings is 1. The first-order valence-electron chi connectivity index (χ1n) is 8.96. The molecule has 2 aliphatic rings. The number of hydrogen-bond donors (Lipinski definition) is 0. The second-order valence-electron chi connectivity index (χ2n) is 6.44. The zero-order chi connectivity index (χ0) is 18.6. The van der Waals surface area contributed by atoms with Crippen LogP contribution in [0.1, 0.15) is 0 Å². The molecule has 2 aromatic rings. The third-order valence-electron chi connectivity index (χ3n) is 4.84. The summed E-state index contributed by atoms with van der Waals surface area (Å²) in [5.41, 5.74) is 0.00835. The standard InChI is InChI=1S/C17H21N7O3/c25-24(26)14-1-2-15(18-12-14)21-3-5-22(6-4-21)16-11-17(20-13-19-16)23-7-9-27-10-8-23/h1-2,11-13H,3-10H2. The van der Waals surface area contributed by atoms with Crippen LogP contribution in [0.4, 0.5) is 23.1 Å². The van der Waals surface area contributed by atoms with Gasteiger partial charge in [-0.05, 0) is 6.07 Å². The van der Waals surface area contributed by atoms with Gasteiger partial charge in [0, 0.05) is 51.4 Å². The smallest absolute Gasteiger partial charge is 0.287 e. The number of nitrogens with zero attached hydrogens (tertiary/aromatic N) is 7. The van der Waals surface area contributed by atoms with Crippen molar-refractivity contribution in [2.24, 2.45) is 0 Å². The molecule has 2 aromatic heterocycles. The second-order valence-corrected chi connectivity index (χ2v) is 6.44. The van der Waals surface area contributed by atoms with Gasteiger partial charge in [0.05, 0.1) is 18.1 Å². The minimum absolute atomic E-state index is 0.00835. The zero-order valence-electron chi connectivity index (χ0n) is 14.9. The molecule has 0 saturated carbocycles. The van der Waals surface area contributed by atoms with Crippen molar-refractivity contribution >= 4 is 23.1 Å². The average molecular weight is 371 g/mol. The third kappa shape index (κ3) is 3.90. The van der Waals surface area contributed by atoms with Crippen molar-refractivity contribution in [2.75, 3.05) is 67.2 Å². The van der Waals surface area contributed by atoms with Gasteiger partial charge in [0.2, 0.25) is 0 Å². The highest BCUT2D eigenvalue weighted by atomic mass is 16.6. The van der Waals surface area contributed by atoms with Crippen molar-refractivity contribution < 1.29 is 9.66 Å². The van der Waals surface area contributed by atoms with Gasteiger partial charge < -0.3 is 19.4 Å². The SMILES string of the molecule is O=[N+]([O-])c1ccc(N2CCN(c3cc(N4CCOCC4)ncn3)CC2)nc1. The van der Waals surface area contributed by atoms with Gasteiger partial charge in [-0.15, -0.1) is 0 Å². The van der Waals surface area contributed by atoms with Crippen molar-refractivity contribution in [3.63, 3.8) is 0 Å². The summed E-state index contributed by atoms with van der Waals surface area (Å²) in [6.45, 7) is 6.30. The van der Waals surface area contributed by atoms with Gasteiger partial charge in [-0.3, -0.25) is 10.1 Å². The summed E-state index contributed by atoms with van der Waals surface area (Å²) < 4.78 is 5.40. The highest BCUT2D eigenvalue weighted by molar-refractivity contribution is 5.52. The second kappa shape index (κ2) is 7.70.